The monoisotopic (exact) mass is 270 g/mol. The van der Waals surface area contributed by atoms with Crippen molar-refractivity contribution < 1.29 is 14.0 Å². The van der Waals surface area contributed by atoms with E-state index in [2.05, 4.69) is 10.5 Å². The summed E-state index contributed by atoms with van der Waals surface area (Å²) in [5.74, 6) is 0.525. The van der Waals surface area contributed by atoms with Gasteiger partial charge in [0, 0.05) is 6.42 Å². The van der Waals surface area contributed by atoms with Gasteiger partial charge in [-0.3, -0.25) is 4.79 Å². The lowest BCUT2D eigenvalue weighted by molar-refractivity contribution is -0.131. The molecular formula is C15H14N2O3. The summed E-state index contributed by atoms with van der Waals surface area (Å²) < 4.78 is 5.15. The number of amides is 1. The fourth-order valence-electron chi connectivity index (χ4n) is 2.02. The van der Waals surface area contributed by atoms with Crippen molar-refractivity contribution in [1.82, 2.24) is 5.32 Å². The lowest BCUT2D eigenvalue weighted by Gasteiger charge is -2.08. The Bertz CT molecular complexity index is 605. The number of oxime groups is 1. The van der Waals surface area contributed by atoms with Gasteiger partial charge in [-0.15, -0.1) is 0 Å². The molecule has 5 heteroatoms. The molecule has 0 aliphatic carbocycles. The molecule has 0 radical (unpaired) electrons. The molecule has 0 saturated carbocycles. The highest BCUT2D eigenvalue weighted by atomic mass is 16.6. The zero-order chi connectivity index (χ0) is 13.8. The van der Waals surface area contributed by atoms with E-state index in [-0.39, 0.29) is 5.91 Å². The number of hydrogen-bond acceptors (Lipinski definition) is 4. The van der Waals surface area contributed by atoms with Crippen molar-refractivity contribution in [2.75, 3.05) is 0 Å². The van der Waals surface area contributed by atoms with E-state index in [4.69, 9.17) is 9.25 Å². The molecule has 2 heterocycles. The number of benzene rings is 1. The Morgan fingerprint density at radius 1 is 1.25 bits per heavy atom. The van der Waals surface area contributed by atoms with Gasteiger partial charge in [0.25, 0.3) is 5.91 Å². The second-order valence-corrected chi connectivity index (χ2v) is 4.50. The lowest BCUT2D eigenvalue weighted by Crippen LogP contribution is -2.34. The van der Waals surface area contributed by atoms with E-state index >= 15 is 0 Å². The molecule has 5 nitrogen and oxygen atoms in total. The molecule has 0 spiro atoms. The van der Waals surface area contributed by atoms with Crippen molar-refractivity contribution in [3.63, 3.8) is 0 Å². The molecule has 1 atom stereocenters. The van der Waals surface area contributed by atoms with E-state index in [1.165, 1.54) is 0 Å². The van der Waals surface area contributed by atoms with Gasteiger partial charge >= 0.3 is 0 Å². The van der Waals surface area contributed by atoms with Crippen LogP contribution in [0.1, 0.15) is 17.7 Å². The molecule has 20 heavy (non-hydrogen) atoms. The summed E-state index contributed by atoms with van der Waals surface area (Å²) in [6.45, 7) is 0.354. The zero-order valence-corrected chi connectivity index (χ0v) is 10.8. The normalized spacial score (nSPS) is 17.4. The summed E-state index contributed by atoms with van der Waals surface area (Å²) in [6, 6.07) is 13.3. The molecule has 1 N–H and O–H groups in total. The van der Waals surface area contributed by atoms with E-state index in [9.17, 15) is 4.79 Å². The van der Waals surface area contributed by atoms with Crippen LogP contribution in [0.3, 0.4) is 0 Å². The summed E-state index contributed by atoms with van der Waals surface area (Å²) in [6.07, 6.45) is 1.48. The van der Waals surface area contributed by atoms with E-state index in [1.807, 2.05) is 36.4 Å². The van der Waals surface area contributed by atoms with Crippen LogP contribution in [0.15, 0.2) is 58.3 Å². The maximum Gasteiger partial charge on any atom is 0.264 e. The summed E-state index contributed by atoms with van der Waals surface area (Å²) >= 11 is 0. The predicted molar refractivity (Wildman–Crippen MR) is 73.0 cm³/mol. The fraction of sp³-hybridized carbons (Fsp3) is 0.200. The largest absolute Gasteiger partial charge is 0.467 e. The standard InChI is InChI=1S/C15H14N2O3/c18-15(16-10-12-7-4-8-19-12)14-9-13(17-20-14)11-5-2-1-3-6-11/h1-8,14H,9-10H2,(H,16,18). The Morgan fingerprint density at radius 2 is 2.10 bits per heavy atom. The van der Waals surface area contributed by atoms with Crippen LogP contribution in [0.25, 0.3) is 0 Å². The molecule has 1 amide bonds. The first-order chi connectivity index (χ1) is 9.83. The first kappa shape index (κ1) is 12.5. The second kappa shape index (κ2) is 5.61. The average Bonchev–Trinajstić information content (AvgIpc) is 3.17. The van der Waals surface area contributed by atoms with Crippen LogP contribution >= 0.6 is 0 Å². The molecule has 102 valence electrons. The number of furan rings is 1. The van der Waals surface area contributed by atoms with Crippen molar-refractivity contribution in [2.45, 2.75) is 19.1 Å². The predicted octanol–water partition coefficient (Wildman–Crippen LogP) is 2.09. The fourth-order valence-corrected chi connectivity index (χ4v) is 2.02. The van der Waals surface area contributed by atoms with Crippen LogP contribution in [0.2, 0.25) is 0 Å². The Kier molecular flexibility index (Phi) is 3.50. The van der Waals surface area contributed by atoms with Gasteiger partial charge in [-0.25, -0.2) is 0 Å². The molecule has 1 unspecified atom stereocenters. The van der Waals surface area contributed by atoms with Crippen LogP contribution < -0.4 is 5.32 Å². The Morgan fingerprint density at radius 3 is 2.85 bits per heavy atom. The van der Waals surface area contributed by atoms with Crippen molar-refractivity contribution in [3.8, 4) is 0 Å². The molecule has 3 rings (SSSR count). The van der Waals surface area contributed by atoms with E-state index < -0.39 is 6.10 Å². The molecule has 1 aliphatic rings. The van der Waals surface area contributed by atoms with Crippen molar-refractivity contribution >= 4 is 11.6 Å². The maximum atomic E-state index is 12.0. The number of carbonyl (C=O) groups is 1. The van der Waals surface area contributed by atoms with Gasteiger partial charge < -0.3 is 14.6 Å². The number of rotatable bonds is 4. The quantitative estimate of drug-likeness (QED) is 0.925. The van der Waals surface area contributed by atoms with Gasteiger partial charge in [-0.05, 0) is 17.7 Å². The topological polar surface area (TPSA) is 63.8 Å². The molecule has 0 saturated heterocycles. The Hall–Kier alpha value is -2.56. The zero-order valence-electron chi connectivity index (χ0n) is 10.8. The van der Waals surface area contributed by atoms with Crippen LogP contribution in [0.4, 0.5) is 0 Å². The second-order valence-electron chi connectivity index (χ2n) is 4.50. The molecular weight excluding hydrogens is 256 g/mol. The summed E-state index contributed by atoms with van der Waals surface area (Å²) in [7, 11) is 0. The highest BCUT2D eigenvalue weighted by Gasteiger charge is 2.28. The van der Waals surface area contributed by atoms with E-state index in [0.29, 0.717) is 18.7 Å². The minimum atomic E-state index is -0.569. The summed E-state index contributed by atoms with van der Waals surface area (Å²) in [5.41, 5.74) is 1.78. The number of nitrogens with one attached hydrogen (secondary N) is 1. The highest BCUT2D eigenvalue weighted by Crippen LogP contribution is 2.16. The highest BCUT2D eigenvalue weighted by molar-refractivity contribution is 6.04. The van der Waals surface area contributed by atoms with Crippen molar-refractivity contribution in [3.05, 3.63) is 60.1 Å². The molecule has 0 bridgehead atoms. The number of carbonyl (C=O) groups excluding carboxylic acids is 1. The Labute approximate surface area is 116 Å². The SMILES string of the molecule is O=C(NCc1ccco1)C1CC(c2ccccc2)=NO1. The third kappa shape index (κ3) is 2.71. The van der Waals surface area contributed by atoms with Gasteiger partial charge in [-0.2, -0.15) is 0 Å². The first-order valence-corrected chi connectivity index (χ1v) is 6.41. The third-order valence-corrected chi connectivity index (χ3v) is 3.09. The van der Waals surface area contributed by atoms with E-state index in [1.54, 1.807) is 12.3 Å². The van der Waals surface area contributed by atoms with Crippen LogP contribution in [-0.4, -0.2) is 17.7 Å². The molecule has 0 fully saturated rings. The molecule has 1 aliphatic heterocycles. The summed E-state index contributed by atoms with van der Waals surface area (Å²) in [5, 5.41) is 6.75. The van der Waals surface area contributed by atoms with Gasteiger partial charge in [0.15, 0.2) is 0 Å². The molecule has 1 aromatic heterocycles. The van der Waals surface area contributed by atoms with Crippen LogP contribution in [-0.2, 0) is 16.2 Å². The van der Waals surface area contributed by atoms with Gasteiger partial charge in [0.2, 0.25) is 6.10 Å². The first-order valence-electron chi connectivity index (χ1n) is 6.41. The number of nitrogens with zero attached hydrogens (tertiary/aromatic N) is 1. The Balaban J connectivity index is 1.54. The van der Waals surface area contributed by atoms with Gasteiger partial charge in [0.1, 0.15) is 5.76 Å². The van der Waals surface area contributed by atoms with Crippen molar-refractivity contribution in [2.24, 2.45) is 5.16 Å². The average molecular weight is 270 g/mol. The minimum Gasteiger partial charge on any atom is -0.467 e. The maximum absolute atomic E-state index is 12.0. The van der Waals surface area contributed by atoms with Gasteiger partial charge in [-0.1, -0.05) is 35.5 Å². The smallest absolute Gasteiger partial charge is 0.264 e. The third-order valence-electron chi connectivity index (χ3n) is 3.09. The van der Waals surface area contributed by atoms with Crippen molar-refractivity contribution in [1.29, 1.82) is 0 Å². The molecule has 2 aromatic rings. The van der Waals surface area contributed by atoms with Crippen LogP contribution in [0.5, 0.6) is 0 Å². The van der Waals surface area contributed by atoms with Gasteiger partial charge in [0.05, 0.1) is 18.5 Å². The summed E-state index contributed by atoms with van der Waals surface area (Å²) in [4.78, 5) is 17.2. The lowest BCUT2D eigenvalue weighted by atomic mass is 10.0. The number of hydrogen-bond donors (Lipinski definition) is 1. The molecule has 1 aromatic carbocycles. The minimum absolute atomic E-state index is 0.184. The van der Waals surface area contributed by atoms with E-state index in [0.717, 1.165) is 11.3 Å². The van der Waals surface area contributed by atoms with Crippen LogP contribution in [0, 0.1) is 0 Å².